The average Bonchev–Trinajstić information content (AvgIpc) is 2.81. The molecule has 6 heteroatoms. The molecule has 2 rings (SSSR count). The zero-order chi connectivity index (χ0) is 13.0. The van der Waals surface area contributed by atoms with Crippen molar-refractivity contribution in [3.05, 3.63) is 24.2 Å². The van der Waals surface area contributed by atoms with Gasteiger partial charge in [-0.2, -0.15) is 0 Å². The molecule has 0 saturated carbocycles. The van der Waals surface area contributed by atoms with E-state index < -0.39 is 0 Å². The lowest BCUT2D eigenvalue weighted by atomic mass is 10.3. The topological polar surface area (TPSA) is 65.2 Å². The number of guanidine groups is 2. The van der Waals surface area contributed by atoms with Gasteiger partial charge < -0.3 is 14.6 Å². The van der Waals surface area contributed by atoms with E-state index >= 15 is 0 Å². The van der Waals surface area contributed by atoms with Crippen LogP contribution in [0.25, 0.3) is 0 Å². The fraction of sp³-hybridized carbons (Fsp3) is 0.500. The highest BCUT2D eigenvalue weighted by atomic mass is 16.3. The summed E-state index contributed by atoms with van der Waals surface area (Å²) in [5, 5.41) is 6.32. The molecule has 1 aromatic heterocycles. The van der Waals surface area contributed by atoms with E-state index in [1.807, 2.05) is 38.1 Å². The van der Waals surface area contributed by atoms with Gasteiger partial charge >= 0.3 is 0 Å². The van der Waals surface area contributed by atoms with Gasteiger partial charge in [0.25, 0.3) is 0 Å². The fourth-order valence-electron chi connectivity index (χ4n) is 1.63. The summed E-state index contributed by atoms with van der Waals surface area (Å²) in [4.78, 5) is 10.8. The molecule has 1 aliphatic rings. The second kappa shape index (κ2) is 5.57. The second-order valence-corrected chi connectivity index (χ2v) is 4.35. The summed E-state index contributed by atoms with van der Waals surface area (Å²) in [6, 6.07) is 3.84. The van der Waals surface area contributed by atoms with Crippen LogP contribution in [0.4, 0.5) is 0 Å². The van der Waals surface area contributed by atoms with Gasteiger partial charge in [0.05, 0.1) is 6.26 Å². The Bertz CT molecular complexity index is 435. The van der Waals surface area contributed by atoms with Crippen molar-refractivity contribution < 1.29 is 4.42 Å². The van der Waals surface area contributed by atoms with Gasteiger partial charge in [-0.05, 0) is 19.1 Å². The Morgan fingerprint density at radius 1 is 1.50 bits per heavy atom. The lowest BCUT2D eigenvalue weighted by molar-refractivity contribution is 0.510. The van der Waals surface area contributed by atoms with E-state index in [-0.39, 0.29) is 6.17 Å². The first-order valence-electron chi connectivity index (χ1n) is 6.00. The SMILES string of the molecule is CC1N=C(N(C)C)NC(=NCCc2ccco2)N1. The molecule has 0 fully saturated rings. The number of hydrogen-bond acceptors (Lipinski definition) is 4. The molecule has 98 valence electrons. The Hall–Kier alpha value is -1.98. The molecule has 1 unspecified atom stereocenters. The highest BCUT2D eigenvalue weighted by molar-refractivity contribution is 6.00. The molecule has 0 aromatic carbocycles. The Labute approximate surface area is 107 Å². The summed E-state index contributed by atoms with van der Waals surface area (Å²) in [5.41, 5.74) is 0. The van der Waals surface area contributed by atoms with Gasteiger partial charge in [-0.15, -0.1) is 0 Å². The number of furan rings is 1. The minimum Gasteiger partial charge on any atom is -0.469 e. The van der Waals surface area contributed by atoms with E-state index in [1.165, 1.54) is 0 Å². The van der Waals surface area contributed by atoms with Crippen LogP contribution in [-0.2, 0) is 6.42 Å². The monoisotopic (exact) mass is 249 g/mol. The normalized spacial score (nSPS) is 21.2. The van der Waals surface area contributed by atoms with Crippen LogP contribution in [0.3, 0.4) is 0 Å². The van der Waals surface area contributed by atoms with Crippen LogP contribution in [0, 0.1) is 0 Å². The van der Waals surface area contributed by atoms with E-state index in [0.29, 0.717) is 6.54 Å². The molecule has 1 atom stereocenters. The number of rotatable bonds is 3. The maximum atomic E-state index is 5.26. The Balaban J connectivity index is 1.91. The smallest absolute Gasteiger partial charge is 0.202 e. The number of nitrogens with one attached hydrogen (secondary N) is 2. The lowest BCUT2D eigenvalue weighted by Gasteiger charge is -2.26. The standard InChI is InChI=1S/C12H19N5O/c1-9-14-11(16-12(15-9)17(2)3)13-7-6-10-5-4-8-18-10/h4-5,8-9H,6-7H2,1-3H3,(H2,13,14,15,16). The van der Waals surface area contributed by atoms with E-state index in [0.717, 1.165) is 24.1 Å². The van der Waals surface area contributed by atoms with Gasteiger partial charge in [-0.25, -0.2) is 4.99 Å². The van der Waals surface area contributed by atoms with Crippen molar-refractivity contribution in [1.29, 1.82) is 0 Å². The minimum atomic E-state index is 0.0333. The molecule has 2 N–H and O–H groups in total. The molecule has 0 saturated heterocycles. The van der Waals surface area contributed by atoms with Crippen molar-refractivity contribution >= 4 is 11.9 Å². The van der Waals surface area contributed by atoms with Crippen LogP contribution in [0.2, 0.25) is 0 Å². The summed E-state index contributed by atoms with van der Waals surface area (Å²) < 4.78 is 5.26. The maximum Gasteiger partial charge on any atom is 0.202 e. The molecular weight excluding hydrogens is 230 g/mol. The van der Waals surface area contributed by atoms with Crippen molar-refractivity contribution in [3.63, 3.8) is 0 Å². The molecular formula is C12H19N5O. The summed E-state index contributed by atoms with van der Waals surface area (Å²) in [6.07, 6.45) is 2.51. The third-order valence-electron chi connectivity index (χ3n) is 2.52. The number of nitrogens with zero attached hydrogens (tertiary/aromatic N) is 3. The van der Waals surface area contributed by atoms with Gasteiger partial charge in [-0.3, -0.25) is 10.3 Å². The summed E-state index contributed by atoms with van der Waals surface area (Å²) >= 11 is 0. The Morgan fingerprint density at radius 2 is 2.33 bits per heavy atom. The highest BCUT2D eigenvalue weighted by Crippen LogP contribution is 2.01. The van der Waals surface area contributed by atoms with Crippen LogP contribution in [0.15, 0.2) is 32.8 Å². The third-order valence-corrected chi connectivity index (χ3v) is 2.52. The first-order valence-corrected chi connectivity index (χ1v) is 6.00. The van der Waals surface area contributed by atoms with Crippen LogP contribution < -0.4 is 10.6 Å². The van der Waals surface area contributed by atoms with Crippen LogP contribution >= 0.6 is 0 Å². The zero-order valence-corrected chi connectivity index (χ0v) is 11.0. The fourth-order valence-corrected chi connectivity index (χ4v) is 1.63. The van der Waals surface area contributed by atoms with E-state index in [4.69, 9.17) is 4.42 Å². The van der Waals surface area contributed by atoms with Gasteiger partial charge in [0.15, 0.2) is 5.96 Å². The van der Waals surface area contributed by atoms with Crippen molar-refractivity contribution in [3.8, 4) is 0 Å². The Morgan fingerprint density at radius 3 is 3.00 bits per heavy atom. The first-order chi connectivity index (χ1) is 8.65. The molecule has 0 spiro atoms. The minimum absolute atomic E-state index is 0.0333. The molecule has 2 heterocycles. The van der Waals surface area contributed by atoms with Gasteiger partial charge in [0.2, 0.25) is 5.96 Å². The van der Waals surface area contributed by atoms with Crippen molar-refractivity contribution in [1.82, 2.24) is 15.5 Å². The first kappa shape index (κ1) is 12.5. The van der Waals surface area contributed by atoms with E-state index in [9.17, 15) is 0 Å². The molecule has 0 amide bonds. The quantitative estimate of drug-likeness (QED) is 0.825. The van der Waals surface area contributed by atoms with Crippen molar-refractivity contribution in [2.45, 2.75) is 19.5 Å². The highest BCUT2D eigenvalue weighted by Gasteiger charge is 2.15. The molecule has 18 heavy (non-hydrogen) atoms. The summed E-state index contributed by atoms with van der Waals surface area (Å²) in [6.45, 7) is 2.67. The van der Waals surface area contributed by atoms with Crippen molar-refractivity contribution in [2.24, 2.45) is 9.98 Å². The summed E-state index contributed by atoms with van der Waals surface area (Å²) in [7, 11) is 3.90. The molecule has 0 bridgehead atoms. The largest absolute Gasteiger partial charge is 0.469 e. The molecule has 0 radical (unpaired) electrons. The van der Waals surface area contributed by atoms with Crippen molar-refractivity contribution in [2.75, 3.05) is 20.6 Å². The number of hydrogen-bond donors (Lipinski definition) is 2. The number of aliphatic imine (C=N–C) groups is 2. The Kier molecular flexibility index (Phi) is 3.86. The predicted molar refractivity (Wildman–Crippen MR) is 71.6 cm³/mol. The molecule has 0 aliphatic carbocycles. The van der Waals surface area contributed by atoms with Crippen LogP contribution in [-0.4, -0.2) is 43.6 Å². The van der Waals surface area contributed by atoms with Gasteiger partial charge in [0, 0.05) is 27.1 Å². The van der Waals surface area contributed by atoms with Crippen LogP contribution in [0.5, 0.6) is 0 Å². The van der Waals surface area contributed by atoms with Gasteiger partial charge in [0.1, 0.15) is 11.9 Å². The third kappa shape index (κ3) is 3.26. The zero-order valence-electron chi connectivity index (χ0n) is 11.0. The van der Waals surface area contributed by atoms with E-state index in [2.05, 4.69) is 20.6 Å². The molecule has 1 aliphatic heterocycles. The molecule has 6 nitrogen and oxygen atoms in total. The molecule has 1 aromatic rings. The van der Waals surface area contributed by atoms with Crippen LogP contribution in [0.1, 0.15) is 12.7 Å². The van der Waals surface area contributed by atoms with Gasteiger partial charge in [-0.1, -0.05) is 0 Å². The summed E-state index contributed by atoms with van der Waals surface area (Å²) in [5.74, 6) is 2.52. The van der Waals surface area contributed by atoms with E-state index in [1.54, 1.807) is 6.26 Å². The second-order valence-electron chi connectivity index (χ2n) is 4.35. The predicted octanol–water partition coefficient (Wildman–Crippen LogP) is 0.634. The lowest BCUT2D eigenvalue weighted by Crippen LogP contribution is -2.53. The maximum absolute atomic E-state index is 5.26. The average molecular weight is 249 g/mol.